The molecule has 0 saturated heterocycles. The van der Waals surface area contributed by atoms with Crippen LogP contribution in [-0.2, 0) is 0 Å². The number of nitrogens with two attached hydrogens (primary N) is 1. The summed E-state index contributed by atoms with van der Waals surface area (Å²) in [5, 5.41) is 0.621. The van der Waals surface area contributed by atoms with Crippen molar-refractivity contribution >= 4 is 11.6 Å². The maximum Gasteiger partial charge on any atom is 0.0555 e. The first-order chi connectivity index (χ1) is 5.72. The molecule has 2 heteroatoms. The molecule has 0 unspecified atom stereocenters. The van der Waals surface area contributed by atoms with E-state index in [0.717, 1.165) is 5.57 Å². The Kier molecular flexibility index (Phi) is 6.18. The number of halogens is 1. The van der Waals surface area contributed by atoms with Gasteiger partial charge in [-0.1, -0.05) is 42.2 Å². The highest BCUT2D eigenvalue weighted by Gasteiger charge is 1.88. The summed E-state index contributed by atoms with van der Waals surface area (Å²) in [6.45, 7) is 5.73. The van der Waals surface area contributed by atoms with Crippen LogP contribution in [0.2, 0.25) is 0 Å². The van der Waals surface area contributed by atoms with Crippen LogP contribution in [0.4, 0.5) is 0 Å². The second-order valence-electron chi connectivity index (χ2n) is 2.07. The van der Waals surface area contributed by atoms with Crippen LogP contribution >= 0.6 is 11.6 Å². The van der Waals surface area contributed by atoms with E-state index in [4.69, 9.17) is 17.3 Å². The van der Waals surface area contributed by atoms with Gasteiger partial charge < -0.3 is 5.73 Å². The van der Waals surface area contributed by atoms with Crippen LogP contribution < -0.4 is 5.73 Å². The largest absolute Gasteiger partial charge is 0.320 e. The highest BCUT2D eigenvalue weighted by Crippen LogP contribution is 2.09. The zero-order chi connectivity index (χ0) is 9.40. The molecule has 0 aliphatic carbocycles. The fourth-order valence-electron chi connectivity index (χ4n) is 0.521. The lowest BCUT2D eigenvalue weighted by Gasteiger charge is -1.89. The molecular weight excluding hydrogens is 170 g/mol. The highest BCUT2D eigenvalue weighted by atomic mass is 35.5. The molecule has 0 rings (SSSR count). The molecule has 2 N–H and O–H groups in total. The van der Waals surface area contributed by atoms with Gasteiger partial charge in [0, 0.05) is 5.57 Å². The van der Waals surface area contributed by atoms with Crippen LogP contribution in [0.1, 0.15) is 6.92 Å². The van der Waals surface area contributed by atoms with Crippen LogP contribution in [0, 0.1) is 11.8 Å². The van der Waals surface area contributed by atoms with Crippen molar-refractivity contribution in [2.45, 2.75) is 6.92 Å². The molecule has 12 heavy (non-hydrogen) atoms. The molecule has 0 heterocycles. The van der Waals surface area contributed by atoms with Gasteiger partial charge in [0.05, 0.1) is 11.6 Å². The zero-order valence-electron chi connectivity index (χ0n) is 7.10. The average molecular weight is 182 g/mol. The minimum Gasteiger partial charge on any atom is -0.320 e. The summed E-state index contributed by atoms with van der Waals surface area (Å²) in [6, 6.07) is 0. The predicted octanol–water partition coefficient (Wildman–Crippen LogP) is 2.20. The maximum absolute atomic E-state index is 5.85. The Balaban J connectivity index is 4.45. The molecule has 0 saturated carbocycles. The van der Waals surface area contributed by atoms with Crippen molar-refractivity contribution < 1.29 is 0 Å². The van der Waals surface area contributed by atoms with Gasteiger partial charge in [0.2, 0.25) is 0 Å². The summed E-state index contributed by atoms with van der Waals surface area (Å²) >= 11 is 5.85. The quantitative estimate of drug-likeness (QED) is 0.513. The minimum absolute atomic E-state index is 0.354. The van der Waals surface area contributed by atoms with Crippen LogP contribution in [0.15, 0.2) is 35.4 Å². The molecule has 0 radical (unpaired) electrons. The Morgan fingerprint density at radius 3 is 2.83 bits per heavy atom. The van der Waals surface area contributed by atoms with Crippen molar-refractivity contribution in [3.8, 4) is 11.8 Å². The van der Waals surface area contributed by atoms with Crippen molar-refractivity contribution in [1.82, 2.24) is 0 Å². The third-order valence-corrected chi connectivity index (χ3v) is 1.52. The molecule has 0 aromatic rings. The van der Waals surface area contributed by atoms with Crippen molar-refractivity contribution in [2.24, 2.45) is 5.73 Å². The summed E-state index contributed by atoms with van der Waals surface area (Å²) in [6.07, 6.45) is 5.16. The van der Waals surface area contributed by atoms with Gasteiger partial charge in [0.1, 0.15) is 0 Å². The predicted molar refractivity (Wildman–Crippen MR) is 54.7 cm³/mol. The topological polar surface area (TPSA) is 26.0 Å². The third-order valence-electron chi connectivity index (χ3n) is 1.11. The van der Waals surface area contributed by atoms with E-state index in [2.05, 4.69) is 18.4 Å². The van der Waals surface area contributed by atoms with Crippen molar-refractivity contribution in [2.75, 3.05) is 6.54 Å². The van der Waals surface area contributed by atoms with E-state index < -0.39 is 0 Å². The molecule has 64 valence electrons. The van der Waals surface area contributed by atoms with Crippen molar-refractivity contribution in [3.05, 3.63) is 35.4 Å². The lowest BCUT2D eigenvalue weighted by atomic mass is 10.2. The van der Waals surface area contributed by atoms with E-state index in [1.165, 1.54) is 0 Å². The second-order valence-corrected chi connectivity index (χ2v) is 2.48. The summed E-state index contributed by atoms with van der Waals surface area (Å²) < 4.78 is 0. The van der Waals surface area contributed by atoms with Crippen LogP contribution in [-0.4, -0.2) is 6.54 Å². The van der Waals surface area contributed by atoms with Gasteiger partial charge in [0.25, 0.3) is 0 Å². The number of allylic oxidation sites excluding steroid dienone is 5. The van der Waals surface area contributed by atoms with Crippen LogP contribution in [0.25, 0.3) is 0 Å². The van der Waals surface area contributed by atoms with Gasteiger partial charge in [-0.15, -0.1) is 0 Å². The SMILES string of the molecule is C=C/C=C\C(Cl)=C(/C)C#CCN. The van der Waals surface area contributed by atoms with E-state index in [1.54, 1.807) is 18.2 Å². The van der Waals surface area contributed by atoms with Gasteiger partial charge >= 0.3 is 0 Å². The smallest absolute Gasteiger partial charge is 0.0555 e. The summed E-state index contributed by atoms with van der Waals surface area (Å²) in [4.78, 5) is 0. The molecule has 0 aliphatic heterocycles. The Morgan fingerprint density at radius 1 is 1.67 bits per heavy atom. The van der Waals surface area contributed by atoms with Gasteiger partial charge in [-0.25, -0.2) is 0 Å². The average Bonchev–Trinajstić information content (AvgIpc) is 2.10. The second kappa shape index (κ2) is 6.72. The lowest BCUT2D eigenvalue weighted by Crippen LogP contribution is -1.93. The first kappa shape index (κ1) is 11.0. The molecule has 0 bridgehead atoms. The molecule has 0 atom stereocenters. The fraction of sp³-hybridized carbons (Fsp3) is 0.200. The van der Waals surface area contributed by atoms with Gasteiger partial charge in [0.15, 0.2) is 0 Å². The summed E-state index contributed by atoms with van der Waals surface area (Å²) in [7, 11) is 0. The normalized spacial score (nSPS) is 11.9. The maximum atomic E-state index is 5.85. The van der Waals surface area contributed by atoms with E-state index in [9.17, 15) is 0 Å². The fourth-order valence-corrected chi connectivity index (χ4v) is 0.641. The Bertz CT molecular complexity index is 263. The van der Waals surface area contributed by atoms with E-state index >= 15 is 0 Å². The summed E-state index contributed by atoms with van der Waals surface area (Å²) in [5.41, 5.74) is 6.02. The molecule has 0 fully saturated rings. The lowest BCUT2D eigenvalue weighted by molar-refractivity contribution is 1.30. The standard InChI is InChI=1S/C10H12ClN/c1-3-4-7-10(11)9(2)6-5-8-12/h3-4,7H,1,8,12H2,2H3/b7-4-,10-9-. The van der Waals surface area contributed by atoms with Crippen molar-refractivity contribution in [3.63, 3.8) is 0 Å². The number of rotatable bonds is 2. The molecule has 0 amide bonds. The Hall–Kier alpha value is -0.970. The van der Waals surface area contributed by atoms with Gasteiger partial charge in [-0.05, 0) is 13.0 Å². The first-order valence-electron chi connectivity index (χ1n) is 3.56. The van der Waals surface area contributed by atoms with E-state index in [-0.39, 0.29) is 0 Å². The molecular formula is C10H12ClN. The molecule has 0 aromatic heterocycles. The molecule has 0 spiro atoms. The van der Waals surface area contributed by atoms with E-state index in [0.29, 0.717) is 11.6 Å². The highest BCUT2D eigenvalue weighted by molar-refractivity contribution is 6.31. The summed E-state index contributed by atoms with van der Waals surface area (Å²) in [5.74, 6) is 5.56. The monoisotopic (exact) mass is 181 g/mol. The molecule has 1 nitrogen and oxygen atoms in total. The number of hydrogen-bond acceptors (Lipinski definition) is 1. The molecule has 0 aromatic carbocycles. The zero-order valence-corrected chi connectivity index (χ0v) is 7.86. The van der Waals surface area contributed by atoms with E-state index in [1.807, 2.05) is 6.92 Å². The van der Waals surface area contributed by atoms with Gasteiger partial charge in [-0.3, -0.25) is 0 Å². The Morgan fingerprint density at radius 2 is 2.33 bits per heavy atom. The number of hydrogen-bond donors (Lipinski definition) is 1. The molecule has 0 aliphatic rings. The van der Waals surface area contributed by atoms with Crippen molar-refractivity contribution in [1.29, 1.82) is 0 Å². The first-order valence-corrected chi connectivity index (χ1v) is 3.94. The third kappa shape index (κ3) is 4.79. The van der Waals surface area contributed by atoms with Gasteiger partial charge in [-0.2, -0.15) is 0 Å². The minimum atomic E-state index is 0.354. The Labute approximate surface area is 78.6 Å². The van der Waals surface area contributed by atoms with Crippen LogP contribution in [0.3, 0.4) is 0 Å². The van der Waals surface area contributed by atoms with Crippen LogP contribution in [0.5, 0.6) is 0 Å².